The zero-order chi connectivity index (χ0) is 14.0. The highest BCUT2D eigenvalue weighted by Crippen LogP contribution is 2.35. The molecule has 3 nitrogen and oxygen atoms in total. The molecule has 0 radical (unpaired) electrons. The van der Waals surface area contributed by atoms with Gasteiger partial charge in [0.25, 0.3) is 0 Å². The number of nitrogens with one attached hydrogen (secondary N) is 1. The molecule has 1 aromatic rings. The van der Waals surface area contributed by atoms with Crippen molar-refractivity contribution in [3.05, 3.63) is 16.1 Å². The molecule has 1 saturated heterocycles. The minimum atomic E-state index is 0.329. The summed E-state index contributed by atoms with van der Waals surface area (Å²) < 4.78 is 6.00. The van der Waals surface area contributed by atoms with Gasteiger partial charge in [0, 0.05) is 29.5 Å². The van der Waals surface area contributed by atoms with Gasteiger partial charge >= 0.3 is 0 Å². The average molecular weight is 282 g/mol. The Kier molecular flexibility index (Phi) is 4.98. The quantitative estimate of drug-likeness (QED) is 0.901. The third-order valence-corrected chi connectivity index (χ3v) is 5.30. The summed E-state index contributed by atoms with van der Waals surface area (Å²) in [5, 5.41) is 7.03. The summed E-state index contributed by atoms with van der Waals surface area (Å²) in [7, 11) is 0. The monoisotopic (exact) mass is 282 g/mol. The van der Waals surface area contributed by atoms with Gasteiger partial charge in [-0.25, -0.2) is 4.98 Å². The van der Waals surface area contributed by atoms with Gasteiger partial charge in [-0.15, -0.1) is 11.3 Å². The van der Waals surface area contributed by atoms with Crippen LogP contribution in [0, 0.1) is 18.8 Å². The highest BCUT2D eigenvalue weighted by atomic mass is 32.1. The fraction of sp³-hybridized carbons (Fsp3) is 0.800. The maximum absolute atomic E-state index is 6.00. The van der Waals surface area contributed by atoms with E-state index in [0.717, 1.165) is 18.7 Å². The molecule has 0 spiro atoms. The Hall–Kier alpha value is -0.450. The first kappa shape index (κ1) is 14.9. The SMILES string of the molecule is CCNC(Cc1nc(C)cs1)C1C(C)OC(C)C1C. The predicted molar refractivity (Wildman–Crippen MR) is 80.7 cm³/mol. The summed E-state index contributed by atoms with van der Waals surface area (Å²) in [6.07, 6.45) is 1.70. The number of rotatable bonds is 5. The summed E-state index contributed by atoms with van der Waals surface area (Å²) in [5.41, 5.74) is 1.13. The summed E-state index contributed by atoms with van der Waals surface area (Å²) in [6, 6.07) is 0.463. The Morgan fingerprint density at radius 1 is 1.37 bits per heavy atom. The molecule has 0 aromatic carbocycles. The smallest absolute Gasteiger partial charge is 0.0943 e. The van der Waals surface area contributed by atoms with Crippen LogP contribution in [0.2, 0.25) is 0 Å². The third kappa shape index (κ3) is 3.36. The number of thiazole rings is 1. The van der Waals surface area contributed by atoms with E-state index in [2.05, 4.69) is 50.3 Å². The minimum absolute atomic E-state index is 0.329. The fourth-order valence-electron chi connectivity index (χ4n) is 3.28. The lowest BCUT2D eigenvalue weighted by Crippen LogP contribution is -2.43. The van der Waals surface area contributed by atoms with Gasteiger partial charge in [0.15, 0.2) is 0 Å². The molecule has 1 aliphatic heterocycles. The molecule has 5 atom stereocenters. The van der Waals surface area contributed by atoms with E-state index in [4.69, 9.17) is 4.74 Å². The molecule has 2 heterocycles. The molecule has 0 bridgehead atoms. The van der Waals surface area contributed by atoms with E-state index < -0.39 is 0 Å². The summed E-state index contributed by atoms with van der Waals surface area (Å²) in [4.78, 5) is 4.61. The van der Waals surface area contributed by atoms with Gasteiger partial charge < -0.3 is 10.1 Å². The zero-order valence-corrected chi connectivity index (χ0v) is 13.5. The molecule has 2 rings (SSSR count). The van der Waals surface area contributed by atoms with Crippen molar-refractivity contribution in [1.82, 2.24) is 10.3 Å². The summed E-state index contributed by atoms with van der Waals surface area (Å²) in [5.74, 6) is 1.17. The Labute approximate surface area is 120 Å². The van der Waals surface area contributed by atoms with Crippen LogP contribution < -0.4 is 5.32 Å². The van der Waals surface area contributed by atoms with Crippen LogP contribution >= 0.6 is 11.3 Å². The zero-order valence-electron chi connectivity index (χ0n) is 12.6. The molecular weight excluding hydrogens is 256 g/mol. The summed E-state index contributed by atoms with van der Waals surface area (Å²) in [6.45, 7) is 12.0. The molecule has 108 valence electrons. The Morgan fingerprint density at radius 3 is 2.58 bits per heavy atom. The van der Waals surface area contributed by atoms with E-state index in [-0.39, 0.29) is 0 Å². The first-order valence-corrected chi connectivity index (χ1v) is 8.20. The molecule has 1 aromatic heterocycles. The second-order valence-corrected chi connectivity index (χ2v) is 6.68. The Balaban J connectivity index is 2.11. The van der Waals surface area contributed by atoms with Crippen molar-refractivity contribution in [3.8, 4) is 0 Å². The summed E-state index contributed by atoms with van der Waals surface area (Å²) >= 11 is 1.77. The molecule has 1 aliphatic rings. The lowest BCUT2D eigenvalue weighted by Gasteiger charge is -2.29. The van der Waals surface area contributed by atoms with Crippen molar-refractivity contribution >= 4 is 11.3 Å². The number of likely N-dealkylation sites (N-methyl/N-ethyl adjacent to an activating group) is 1. The topological polar surface area (TPSA) is 34.2 Å². The van der Waals surface area contributed by atoms with E-state index in [9.17, 15) is 0 Å². The van der Waals surface area contributed by atoms with Crippen molar-refractivity contribution in [2.75, 3.05) is 6.54 Å². The average Bonchev–Trinajstić information content (AvgIpc) is 2.84. The highest BCUT2D eigenvalue weighted by molar-refractivity contribution is 7.09. The lowest BCUT2D eigenvalue weighted by atomic mass is 9.82. The number of nitrogens with zero attached hydrogens (tertiary/aromatic N) is 1. The van der Waals surface area contributed by atoms with Crippen molar-refractivity contribution in [1.29, 1.82) is 0 Å². The lowest BCUT2D eigenvalue weighted by molar-refractivity contribution is 0.0476. The number of aryl methyl sites for hydroxylation is 1. The molecule has 1 fully saturated rings. The predicted octanol–water partition coefficient (Wildman–Crippen LogP) is 3.03. The largest absolute Gasteiger partial charge is 0.375 e. The van der Waals surface area contributed by atoms with Crippen molar-refractivity contribution in [2.24, 2.45) is 11.8 Å². The van der Waals surface area contributed by atoms with Gasteiger partial charge in [-0.2, -0.15) is 0 Å². The van der Waals surface area contributed by atoms with Gasteiger partial charge in [-0.1, -0.05) is 13.8 Å². The Morgan fingerprint density at radius 2 is 2.11 bits per heavy atom. The van der Waals surface area contributed by atoms with Crippen molar-refractivity contribution < 1.29 is 4.74 Å². The van der Waals surface area contributed by atoms with Crippen LogP contribution in [0.5, 0.6) is 0 Å². The van der Waals surface area contributed by atoms with Crippen LogP contribution in [0.1, 0.15) is 38.4 Å². The molecule has 1 N–H and O–H groups in total. The highest BCUT2D eigenvalue weighted by Gasteiger charge is 2.41. The van der Waals surface area contributed by atoms with Crippen molar-refractivity contribution in [2.45, 2.75) is 59.3 Å². The fourth-order valence-corrected chi connectivity index (χ4v) is 4.11. The van der Waals surface area contributed by atoms with Gasteiger partial charge in [-0.3, -0.25) is 0 Å². The van der Waals surface area contributed by atoms with Crippen LogP contribution in [-0.2, 0) is 11.2 Å². The second kappa shape index (κ2) is 6.33. The van der Waals surface area contributed by atoms with Crippen LogP contribution in [0.15, 0.2) is 5.38 Å². The van der Waals surface area contributed by atoms with E-state index in [1.165, 1.54) is 5.01 Å². The minimum Gasteiger partial charge on any atom is -0.375 e. The maximum atomic E-state index is 6.00. The van der Waals surface area contributed by atoms with Gasteiger partial charge in [0.05, 0.1) is 17.2 Å². The first-order chi connectivity index (χ1) is 9.02. The second-order valence-electron chi connectivity index (χ2n) is 5.73. The maximum Gasteiger partial charge on any atom is 0.0943 e. The number of aromatic nitrogens is 1. The normalized spacial score (nSPS) is 32.7. The van der Waals surface area contributed by atoms with Crippen LogP contribution in [-0.4, -0.2) is 29.8 Å². The van der Waals surface area contributed by atoms with Crippen LogP contribution in [0.4, 0.5) is 0 Å². The molecule has 19 heavy (non-hydrogen) atoms. The van der Waals surface area contributed by atoms with E-state index in [0.29, 0.717) is 30.1 Å². The molecule has 5 unspecified atom stereocenters. The van der Waals surface area contributed by atoms with Crippen molar-refractivity contribution in [3.63, 3.8) is 0 Å². The van der Waals surface area contributed by atoms with E-state index in [1.807, 2.05) is 0 Å². The Bertz CT molecular complexity index is 407. The first-order valence-electron chi connectivity index (χ1n) is 7.32. The van der Waals surface area contributed by atoms with Crippen LogP contribution in [0.25, 0.3) is 0 Å². The van der Waals surface area contributed by atoms with Gasteiger partial charge in [-0.05, 0) is 33.2 Å². The van der Waals surface area contributed by atoms with Gasteiger partial charge in [0.2, 0.25) is 0 Å². The number of ether oxygens (including phenoxy) is 1. The number of hydrogen-bond donors (Lipinski definition) is 1. The van der Waals surface area contributed by atoms with Gasteiger partial charge in [0.1, 0.15) is 0 Å². The molecular formula is C15H26N2OS. The molecule has 4 heteroatoms. The van der Waals surface area contributed by atoms with E-state index >= 15 is 0 Å². The molecule has 0 saturated carbocycles. The van der Waals surface area contributed by atoms with E-state index in [1.54, 1.807) is 11.3 Å². The molecule has 0 aliphatic carbocycles. The standard InChI is InChI=1S/C15H26N2OS/c1-6-16-13(7-14-17-9(2)8-19-14)15-10(3)11(4)18-12(15)5/h8,10-13,15-16H,6-7H2,1-5H3. The van der Waals surface area contributed by atoms with Crippen LogP contribution in [0.3, 0.4) is 0 Å². The molecule has 0 amide bonds. The number of hydrogen-bond acceptors (Lipinski definition) is 4. The third-order valence-electron chi connectivity index (χ3n) is 4.31.